The van der Waals surface area contributed by atoms with Crippen LogP contribution in [0.25, 0.3) is 0 Å². The molecule has 3 unspecified atom stereocenters. The zero-order valence-electron chi connectivity index (χ0n) is 13.7. The predicted molar refractivity (Wildman–Crippen MR) is 83.6 cm³/mol. The van der Waals surface area contributed by atoms with Gasteiger partial charge in [-0.15, -0.1) is 0 Å². The average molecular weight is 270 g/mol. The quantitative estimate of drug-likeness (QED) is 0.386. The molecule has 1 aliphatic carbocycles. The van der Waals surface area contributed by atoms with Crippen molar-refractivity contribution in [2.24, 2.45) is 5.92 Å². The predicted octanol–water partition coefficient (Wildman–Crippen LogP) is 4.98. The van der Waals surface area contributed by atoms with Crippen LogP contribution in [0.5, 0.6) is 0 Å². The largest absolute Gasteiger partial charge is 0.382 e. The molecule has 1 heterocycles. The minimum absolute atomic E-state index is 0.576. The highest BCUT2D eigenvalue weighted by Crippen LogP contribution is 2.42. The Hall–Kier alpha value is -0.340. The number of epoxide rings is 1. The van der Waals surface area contributed by atoms with Gasteiger partial charge in [0, 0.05) is 13.2 Å². The Labute approximate surface area is 120 Å². The van der Waals surface area contributed by atoms with E-state index in [4.69, 9.17) is 9.47 Å². The molecule has 3 atom stereocenters. The molecule has 2 nitrogen and oxygen atoms in total. The third kappa shape index (κ3) is 7.12. The molecular formula is C17H34O2. The molecule has 2 fully saturated rings. The van der Waals surface area contributed by atoms with Crippen molar-refractivity contribution in [3.63, 3.8) is 0 Å². The van der Waals surface area contributed by atoms with Crippen LogP contribution in [0.3, 0.4) is 0 Å². The maximum absolute atomic E-state index is 5.54. The van der Waals surface area contributed by atoms with Gasteiger partial charge in [0.2, 0.25) is 0 Å². The normalized spacial score (nSPS) is 27.1. The van der Waals surface area contributed by atoms with Crippen LogP contribution in [0.4, 0.5) is 0 Å². The molecule has 0 aromatic rings. The van der Waals surface area contributed by atoms with Crippen LogP contribution in [-0.4, -0.2) is 25.4 Å². The van der Waals surface area contributed by atoms with E-state index in [1.165, 1.54) is 24.8 Å². The summed E-state index contributed by atoms with van der Waals surface area (Å²) in [6, 6.07) is 0. The first kappa shape index (κ1) is 18.7. The molecule has 1 aliphatic heterocycles. The van der Waals surface area contributed by atoms with Crippen LogP contribution in [0, 0.1) is 5.92 Å². The van der Waals surface area contributed by atoms with Crippen molar-refractivity contribution in [2.75, 3.05) is 13.2 Å². The fraction of sp³-hybridized carbons (Fsp3) is 0.882. The van der Waals surface area contributed by atoms with Gasteiger partial charge < -0.3 is 9.47 Å². The van der Waals surface area contributed by atoms with Crippen molar-refractivity contribution >= 4 is 0 Å². The second-order valence-corrected chi connectivity index (χ2v) is 4.68. The lowest BCUT2D eigenvalue weighted by atomic mass is 9.83. The van der Waals surface area contributed by atoms with Gasteiger partial charge in [0.15, 0.2) is 0 Å². The molecule has 1 saturated carbocycles. The summed E-state index contributed by atoms with van der Waals surface area (Å²) in [4.78, 5) is 0. The summed E-state index contributed by atoms with van der Waals surface area (Å²) in [7, 11) is 0. The summed E-state index contributed by atoms with van der Waals surface area (Å²) in [5, 5.41) is 0. The van der Waals surface area contributed by atoms with E-state index in [-0.39, 0.29) is 0 Å². The fourth-order valence-corrected chi connectivity index (χ4v) is 2.52. The van der Waals surface area contributed by atoms with E-state index in [9.17, 15) is 0 Å². The van der Waals surface area contributed by atoms with Gasteiger partial charge in [0.25, 0.3) is 0 Å². The molecule has 0 aromatic heterocycles. The van der Waals surface area contributed by atoms with E-state index in [1.807, 2.05) is 34.6 Å². The van der Waals surface area contributed by atoms with Crippen molar-refractivity contribution in [1.82, 2.24) is 0 Å². The Kier molecular flexibility index (Phi) is 11.3. The maximum atomic E-state index is 5.54. The van der Waals surface area contributed by atoms with E-state index < -0.39 is 0 Å². The van der Waals surface area contributed by atoms with Gasteiger partial charge in [0.1, 0.15) is 0 Å². The summed E-state index contributed by atoms with van der Waals surface area (Å²) >= 11 is 0. The monoisotopic (exact) mass is 270 g/mol. The van der Waals surface area contributed by atoms with Gasteiger partial charge in [-0.3, -0.25) is 0 Å². The van der Waals surface area contributed by atoms with Gasteiger partial charge in [-0.1, -0.05) is 39.8 Å². The molecular weight excluding hydrogens is 236 g/mol. The first-order chi connectivity index (χ1) is 9.31. The molecule has 19 heavy (non-hydrogen) atoms. The number of hydrogen-bond acceptors (Lipinski definition) is 2. The van der Waals surface area contributed by atoms with Gasteiger partial charge in [-0.25, -0.2) is 0 Å². The average Bonchev–Trinajstić information content (AvgIpc) is 3.26. The zero-order valence-corrected chi connectivity index (χ0v) is 13.7. The van der Waals surface area contributed by atoms with E-state index in [0.29, 0.717) is 12.2 Å². The highest BCUT2D eigenvalue weighted by molar-refractivity contribution is 5.06. The van der Waals surface area contributed by atoms with E-state index in [1.54, 1.807) is 0 Å². The SMILES string of the molecule is C=C(CCCOCC)C1CCC2OC2C1.CC.CC. The van der Waals surface area contributed by atoms with Gasteiger partial charge in [-0.05, 0) is 44.9 Å². The molecule has 2 heteroatoms. The lowest BCUT2D eigenvalue weighted by Crippen LogP contribution is -2.15. The second kappa shape index (κ2) is 11.5. The Morgan fingerprint density at radius 2 is 1.84 bits per heavy atom. The highest BCUT2D eigenvalue weighted by atomic mass is 16.6. The summed E-state index contributed by atoms with van der Waals surface area (Å²) < 4.78 is 10.9. The first-order valence-corrected chi connectivity index (χ1v) is 8.22. The molecule has 114 valence electrons. The van der Waals surface area contributed by atoms with Crippen LogP contribution in [0.2, 0.25) is 0 Å². The van der Waals surface area contributed by atoms with Crippen LogP contribution in [-0.2, 0) is 9.47 Å². The third-order valence-corrected chi connectivity index (χ3v) is 3.57. The standard InChI is InChI=1S/C13H22O2.2C2H6/c1-3-14-8-4-5-10(2)11-6-7-12-13(9-11)15-12;2*1-2/h11-13H,2-9H2,1H3;2*1-2H3. The van der Waals surface area contributed by atoms with Crippen LogP contribution < -0.4 is 0 Å². The van der Waals surface area contributed by atoms with Crippen LogP contribution in [0.15, 0.2) is 12.2 Å². The summed E-state index contributed by atoms with van der Waals surface area (Å²) in [6.07, 6.45) is 7.19. The van der Waals surface area contributed by atoms with Crippen LogP contribution in [0.1, 0.15) is 66.7 Å². The van der Waals surface area contributed by atoms with Crippen LogP contribution >= 0.6 is 0 Å². The molecule has 1 saturated heterocycles. The van der Waals surface area contributed by atoms with Gasteiger partial charge >= 0.3 is 0 Å². The molecule has 0 spiro atoms. The number of allylic oxidation sites excluding steroid dienone is 1. The second-order valence-electron chi connectivity index (χ2n) is 4.68. The third-order valence-electron chi connectivity index (χ3n) is 3.57. The Morgan fingerprint density at radius 3 is 2.42 bits per heavy atom. The van der Waals surface area contributed by atoms with E-state index in [2.05, 4.69) is 6.58 Å². The topological polar surface area (TPSA) is 21.8 Å². The van der Waals surface area contributed by atoms with Crippen molar-refractivity contribution in [3.8, 4) is 0 Å². The molecule has 0 aromatic carbocycles. The van der Waals surface area contributed by atoms with E-state index >= 15 is 0 Å². The number of ether oxygens (including phenoxy) is 2. The number of hydrogen-bond donors (Lipinski definition) is 0. The lowest BCUT2D eigenvalue weighted by Gasteiger charge is -2.21. The Balaban J connectivity index is 0.000000741. The number of rotatable bonds is 6. The van der Waals surface area contributed by atoms with Gasteiger partial charge in [0.05, 0.1) is 12.2 Å². The Morgan fingerprint density at radius 1 is 1.16 bits per heavy atom. The first-order valence-electron chi connectivity index (χ1n) is 8.22. The van der Waals surface area contributed by atoms with Gasteiger partial charge in [-0.2, -0.15) is 0 Å². The molecule has 0 amide bonds. The lowest BCUT2D eigenvalue weighted by molar-refractivity contribution is 0.144. The summed E-state index contributed by atoms with van der Waals surface area (Å²) in [5.41, 5.74) is 1.42. The van der Waals surface area contributed by atoms with Crippen molar-refractivity contribution in [1.29, 1.82) is 0 Å². The summed E-state index contributed by atoms with van der Waals surface area (Å²) in [5.74, 6) is 0.718. The van der Waals surface area contributed by atoms with Crippen molar-refractivity contribution < 1.29 is 9.47 Å². The summed E-state index contributed by atoms with van der Waals surface area (Å²) in [6.45, 7) is 16.0. The molecule has 0 bridgehead atoms. The highest BCUT2D eigenvalue weighted by Gasteiger charge is 2.44. The molecule has 0 radical (unpaired) electrons. The maximum Gasteiger partial charge on any atom is 0.0847 e. The minimum atomic E-state index is 0.576. The molecule has 0 N–H and O–H groups in total. The molecule has 2 rings (SSSR count). The zero-order chi connectivity index (χ0) is 14.7. The molecule has 2 aliphatic rings. The minimum Gasteiger partial charge on any atom is -0.382 e. The van der Waals surface area contributed by atoms with Crippen molar-refractivity contribution in [3.05, 3.63) is 12.2 Å². The van der Waals surface area contributed by atoms with E-state index in [0.717, 1.165) is 32.0 Å². The van der Waals surface area contributed by atoms with Crippen molar-refractivity contribution in [2.45, 2.75) is 78.9 Å². The fourth-order valence-electron chi connectivity index (χ4n) is 2.52. The smallest absolute Gasteiger partial charge is 0.0847 e. The number of fused-ring (bicyclic) bond motifs is 1. The Bertz CT molecular complexity index is 225.